The summed E-state index contributed by atoms with van der Waals surface area (Å²) < 4.78 is 51.3. The zero-order chi connectivity index (χ0) is 13.2. The predicted molar refractivity (Wildman–Crippen MR) is 60.9 cm³/mol. The van der Waals surface area contributed by atoms with Crippen LogP contribution in [0.2, 0.25) is 0 Å². The molecule has 0 radical (unpaired) electrons. The topological polar surface area (TPSA) is 63.4 Å². The van der Waals surface area contributed by atoms with Gasteiger partial charge in [-0.25, -0.2) is 21.5 Å². The molecule has 0 amide bonds. The number of halogens is 2. The summed E-state index contributed by atoms with van der Waals surface area (Å²) in [6, 6.07) is 1.72. The molecule has 0 heterocycles. The lowest BCUT2D eigenvalue weighted by Gasteiger charge is -2.17. The van der Waals surface area contributed by atoms with Gasteiger partial charge in [0.2, 0.25) is 10.0 Å². The summed E-state index contributed by atoms with van der Waals surface area (Å²) in [6.45, 7) is 2.04. The standard InChI is InChI=1S/C10H14F2N2O2S/c1-3-6-14(2)17(15,16)8-5-4-7(11)10(13)9(8)12/h4-5H,3,6,13H2,1-2H3. The van der Waals surface area contributed by atoms with Crippen LogP contribution < -0.4 is 5.73 Å². The Morgan fingerprint density at radius 3 is 2.47 bits per heavy atom. The van der Waals surface area contributed by atoms with E-state index in [-0.39, 0.29) is 6.54 Å². The number of hydrogen-bond donors (Lipinski definition) is 1. The molecule has 0 aliphatic carbocycles. The van der Waals surface area contributed by atoms with Crippen molar-refractivity contribution >= 4 is 15.7 Å². The third kappa shape index (κ3) is 2.55. The summed E-state index contributed by atoms with van der Waals surface area (Å²) >= 11 is 0. The minimum absolute atomic E-state index is 0.249. The normalized spacial score (nSPS) is 12.1. The van der Waals surface area contributed by atoms with Gasteiger partial charge in [-0.1, -0.05) is 6.92 Å². The van der Waals surface area contributed by atoms with Gasteiger partial charge in [0.25, 0.3) is 0 Å². The number of nitrogens with zero attached hydrogens (tertiary/aromatic N) is 1. The SMILES string of the molecule is CCCN(C)S(=O)(=O)c1ccc(F)c(N)c1F. The highest BCUT2D eigenvalue weighted by Crippen LogP contribution is 2.24. The minimum Gasteiger partial charge on any atom is -0.394 e. The molecule has 17 heavy (non-hydrogen) atoms. The van der Waals surface area contributed by atoms with Crippen LogP contribution in [0.4, 0.5) is 14.5 Å². The van der Waals surface area contributed by atoms with Gasteiger partial charge in [0.1, 0.15) is 16.4 Å². The summed E-state index contributed by atoms with van der Waals surface area (Å²) in [5, 5.41) is 0. The molecule has 0 atom stereocenters. The Bertz CT molecular complexity index is 517. The van der Waals surface area contributed by atoms with Crippen LogP contribution in [0.1, 0.15) is 13.3 Å². The van der Waals surface area contributed by atoms with Crippen molar-refractivity contribution in [2.24, 2.45) is 0 Å². The first kappa shape index (κ1) is 13.9. The second kappa shape index (κ2) is 4.97. The fourth-order valence-corrected chi connectivity index (χ4v) is 2.69. The average molecular weight is 264 g/mol. The van der Waals surface area contributed by atoms with Gasteiger partial charge in [0.15, 0.2) is 5.82 Å². The van der Waals surface area contributed by atoms with E-state index < -0.39 is 32.2 Å². The van der Waals surface area contributed by atoms with Crippen molar-refractivity contribution in [1.29, 1.82) is 0 Å². The zero-order valence-electron chi connectivity index (χ0n) is 9.57. The number of anilines is 1. The number of nitrogen functional groups attached to an aromatic ring is 1. The summed E-state index contributed by atoms with van der Waals surface area (Å²) in [5.41, 5.74) is 4.34. The van der Waals surface area contributed by atoms with Gasteiger partial charge in [-0.2, -0.15) is 0 Å². The fourth-order valence-electron chi connectivity index (χ4n) is 1.35. The van der Waals surface area contributed by atoms with Crippen LogP contribution in [0.5, 0.6) is 0 Å². The van der Waals surface area contributed by atoms with Crippen LogP contribution in [-0.4, -0.2) is 26.3 Å². The van der Waals surface area contributed by atoms with Crippen molar-refractivity contribution in [3.63, 3.8) is 0 Å². The predicted octanol–water partition coefficient (Wildman–Crippen LogP) is 1.58. The Hall–Kier alpha value is -1.21. The van der Waals surface area contributed by atoms with E-state index >= 15 is 0 Å². The van der Waals surface area contributed by atoms with Crippen LogP contribution >= 0.6 is 0 Å². The number of sulfonamides is 1. The third-order valence-electron chi connectivity index (χ3n) is 2.32. The van der Waals surface area contributed by atoms with Crippen molar-refractivity contribution < 1.29 is 17.2 Å². The van der Waals surface area contributed by atoms with E-state index in [9.17, 15) is 17.2 Å². The number of rotatable bonds is 4. The summed E-state index contributed by atoms with van der Waals surface area (Å²) in [7, 11) is -2.63. The largest absolute Gasteiger partial charge is 0.394 e. The molecule has 1 rings (SSSR count). The van der Waals surface area contributed by atoms with Gasteiger partial charge < -0.3 is 5.73 Å². The van der Waals surface area contributed by atoms with Crippen molar-refractivity contribution in [3.8, 4) is 0 Å². The average Bonchev–Trinajstić information content (AvgIpc) is 2.26. The number of benzene rings is 1. The van der Waals surface area contributed by atoms with E-state index in [1.165, 1.54) is 7.05 Å². The Morgan fingerprint density at radius 1 is 1.35 bits per heavy atom. The number of hydrogen-bond acceptors (Lipinski definition) is 3. The molecule has 2 N–H and O–H groups in total. The van der Waals surface area contributed by atoms with Crippen LogP contribution in [0.15, 0.2) is 17.0 Å². The van der Waals surface area contributed by atoms with E-state index in [4.69, 9.17) is 5.73 Å². The van der Waals surface area contributed by atoms with E-state index in [1.807, 2.05) is 0 Å². The van der Waals surface area contributed by atoms with Crippen molar-refractivity contribution in [2.45, 2.75) is 18.2 Å². The Labute approximate surface area is 99.1 Å². The lowest BCUT2D eigenvalue weighted by molar-refractivity contribution is 0.461. The molecular formula is C10H14F2N2O2S. The van der Waals surface area contributed by atoms with Crippen LogP contribution in [-0.2, 0) is 10.0 Å². The molecule has 1 aromatic rings. The summed E-state index contributed by atoms with van der Waals surface area (Å²) in [5.74, 6) is -2.22. The molecule has 0 aliphatic rings. The molecule has 0 spiro atoms. The molecule has 0 fully saturated rings. The first-order chi connectivity index (χ1) is 7.82. The van der Waals surface area contributed by atoms with Gasteiger partial charge in [-0.3, -0.25) is 0 Å². The fraction of sp³-hybridized carbons (Fsp3) is 0.400. The highest BCUT2D eigenvalue weighted by atomic mass is 32.2. The Kier molecular flexibility index (Phi) is 4.05. The van der Waals surface area contributed by atoms with Crippen molar-refractivity contribution in [3.05, 3.63) is 23.8 Å². The Morgan fingerprint density at radius 2 is 1.94 bits per heavy atom. The molecule has 0 bridgehead atoms. The van der Waals surface area contributed by atoms with Crippen molar-refractivity contribution in [1.82, 2.24) is 4.31 Å². The van der Waals surface area contributed by atoms with Gasteiger partial charge in [-0.15, -0.1) is 0 Å². The minimum atomic E-state index is -3.96. The van der Waals surface area contributed by atoms with Gasteiger partial charge in [0.05, 0.1) is 0 Å². The summed E-state index contributed by atoms with van der Waals surface area (Å²) in [4.78, 5) is -0.604. The maximum absolute atomic E-state index is 13.6. The quantitative estimate of drug-likeness (QED) is 0.840. The van der Waals surface area contributed by atoms with E-state index in [1.54, 1.807) is 6.92 Å². The first-order valence-electron chi connectivity index (χ1n) is 5.02. The molecule has 4 nitrogen and oxygen atoms in total. The summed E-state index contributed by atoms with van der Waals surface area (Å²) in [6.07, 6.45) is 0.591. The van der Waals surface area contributed by atoms with E-state index in [2.05, 4.69) is 0 Å². The second-order valence-corrected chi connectivity index (χ2v) is 5.61. The van der Waals surface area contributed by atoms with Gasteiger partial charge in [0, 0.05) is 13.6 Å². The molecule has 0 saturated heterocycles. The zero-order valence-corrected chi connectivity index (χ0v) is 10.4. The molecule has 1 aromatic carbocycles. The molecule has 0 aromatic heterocycles. The van der Waals surface area contributed by atoms with E-state index in [0.29, 0.717) is 6.42 Å². The van der Waals surface area contributed by atoms with Crippen molar-refractivity contribution in [2.75, 3.05) is 19.3 Å². The molecule has 0 saturated carbocycles. The maximum Gasteiger partial charge on any atom is 0.245 e. The van der Waals surface area contributed by atoms with Crippen LogP contribution in [0, 0.1) is 11.6 Å². The molecule has 7 heteroatoms. The monoisotopic (exact) mass is 264 g/mol. The molecular weight excluding hydrogens is 250 g/mol. The van der Waals surface area contributed by atoms with Crippen LogP contribution in [0.3, 0.4) is 0 Å². The second-order valence-electron chi connectivity index (χ2n) is 3.60. The van der Waals surface area contributed by atoms with Gasteiger partial charge in [-0.05, 0) is 18.6 Å². The molecule has 96 valence electrons. The molecule has 0 aliphatic heterocycles. The smallest absolute Gasteiger partial charge is 0.245 e. The lowest BCUT2D eigenvalue weighted by Crippen LogP contribution is -2.28. The molecule has 0 unspecified atom stereocenters. The Balaban J connectivity index is 3.30. The maximum atomic E-state index is 13.6. The first-order valence-corrected chi connectivity index (χ1v) is 6.46. The number of nitrogens with two attached hydrogens (primary N) is 1. The van der Waals surface area contributed by atoms with Gasteiger partial charge >= 0.3 is 0 Å². The highest BCUT2D eigenvalue weighted by molar-refractivity contribution is 7.89. The van der Waals surface area contributed by atoms with Crippen LogP contribution in [0.25, 0.3) is 0 Å². The van der Waals surface area contributed by atoms with E-state index in [0.717, 1.165) is 16.4 Å². The highest BCUT2D eigenvalue weighted by Gasteiger charge is 2.26. The lowest BCUT2D eigenvalue weighted by atomic mass is 10.3. The third-order valence-corrected chi connectivity index (χ3v) is 4.19.